The molecule has 0 bridgehead atoms. The number of sulfonamides is 1. The van der Waals surface area contributed by atoms with Gasteiger partial charge in [-0.25, -0.2) is 13.4 Å². The lowest BCUT2D eigenvalue weighted by atomic mass is 10.3. The number of nitrogens with zero attached hydrogens (tertiary/aromatic N) is 2. The predicted molar refractivity (Wildman–Crippen MR) is 89.1 cm³/mol. The van der Waals surface area contributed by atoms with E-state index >= 15 is 0 Å². The van der Waals surface area contributed by atoms with E-state index in [9.17, 15) is 8.42 Å². The minimum absolute atomic E-state index is 0.181. The molecule has 2 aromatic rings. The van der Waals surface area contributed by atoms with Crippen molar-refractivity contribution in [3.05, 3.63) is 47.6 Å². The van der Waals surface area contributed by atoms with E-state index in [1.165, 1.54) is 10.5 Å². The molecule has 5 nitrogen and oxygen atoms in total. The fourth-order valence-corrected chi connectivity index (χ4v) is 3.61. The largest absolute Gasteiger partial charge is 0.339 e. The number of aromatic nitrogens is 1. The fraction of sp³-hybridized carbons (Fsp3) is 0.267. The minimum atomic E-state index is -3.48. The molecular weight excluding hydrogens is 322 g/mol. The lowest BCUT2D eigenvalue weighted by molar-refractivity contribution is 0.445. The van der Waals surface area contributed by atoms with E-state index in [1.54, 1.807) is 18.2 Å². The first kappa shape index (κ1) is 16.7. The number of hydrogen-bond donors (Lipinski definition) is 1. The normalized spacial score (nSPS) is 11.6. The van der Waals surface area contributed by atoms with Gasteiger partial charge in [0, 0.05) is 19.3 Å². The summed E-state index contributed by atoms with van der Waals surface area (Å²) in [5, 5.41) is 3.63. The SMILES string of the molecule is CCN(CC)S(=O)(=O)c1ccc(Nc2ccccc2Cl)nc1. The molecule has 0 radical (unpaired) electrons. The number of para-hydroxylation sites is 1. The van der Waals surface area contributed by atoms with E-state index in [0.29, 0.717) is 23.9 Å². The van der Waals surface area contributed by atoms with Crippen LogP contribution in [0.2, 0.25) is 5.02 Å². The second kappa shape index (κ2) is 7.09. The Morgan fingerprint density at radius 3 is 2.36 bits per heavy atom. The van der Waals surface area contributed by atoms with Crippen LogP contribution in [0.15, 0.2) is 47.5 Å². The van der Waals surface area contributed by atoms with E-state index in [2.05, 4.69) is 10.3 Å². The lowest BCUT2D eigenvalue weighted by Gasteiger charge is -2.18. The van der Waals surface area contributed by atoms with Gasteiger partial charge in [0.05, 0.1) is 10.7 Å². The summed E-state index contributed by atoms with van der Waals surface area (Å²) < 4.78 is 26.1. The zero-order chi connectivity index (χ0) is 16.2. The Labute approximate surface area is 136 Å². The van der Waals surface area contributed by atoms with Gasteiger partial charge in [-0.2, -0.15) is 4.31 Å². The predicted octanol–water partition coefficient (Wildman–Crippen LogP) is 3.51. The highest BCUT2D eigenvalue weighted by Crippen LogP contribution is 2.24. The highest BCUT2D eigenvalue weighted by molar-refractivity contribution is 7.89. The first-order valence-corrected chi connectivity index (χ1v) is 8.78. The maximum Gasteiger partial charge on any atom is 0.244 e. The first-order chi connectivity index (χ1) is 10.5. The second-order valence-corrected chi connectivity index (χ2v) is 6.92. The molecule has 7 heteroatoms. The van der Waals surface area contributed by atoms with E-state index < -0.39 is 10.0 Å². The summed E-state index contributed by atoms with van der Waals surface area (Å²) in [5.41, 5.74) is 0.719. The maximum atomic E-state index is 12.4. The summed E-state index contributed by atoms with van der Waals surface area (Å²) in [6.45, 7) is 4.47. The zero-order valence-electron chi connectivity index (χ0n) is 12.5. The van der Waals surface area contributed by atoms with Crippen molar-refractivity contribution in [2.75, 3.05) is 18.4 Å². The summed E-state index contributed by atoms with van der Waals surface area (Å²) in [4.78, 5) is 4.34. The van der Waals surface area contributed by atoms with E-state index in [0.717, 1.165) is 5.69 Å². The van der Waals surface area contributed by atoms with Crippen molar-refractivity contribution in [1.82, 2.24) is 9.29 Å². The molecule has 0 saturated heterocycles. The Morgan fingerprint density at radius 2 is 1.82 bits per heavy atom. The summed E-state index contributed by atoms with van der Waals surface area (Å²) in [7, 11) is -3.48. The van der Waals surface area contributed by atoms with Crippen molar-refractivity contribution in [2.24, 2.45) is 0 Å². The molecule has 0 saturated carbocycles. The molecule has 0 fully saturated rings. The van der Waals surface area contributed by atoms with Gasteiger partial charge in [0.15, 0.2) is 0 Å². The average molecular weight is 340 g/mol. The van der Waals surface area contributed by atoms with Gasteiger partial charge >= 0.3 is 0 Å². The third-order valence-electron chi connectivity index (χ3n) is 3.22. The molecule has 1 N–H and O–H groups in total. The number of pyridine rings is 1. The number of rotatable bonds is 6. The zero-order valence-corrected chi connectivity index (χ0v) is 14.0. The molecule has 0 unspecified atom stereocenters. The molecule has 0 amide bonds. The average Bonchev–Trinajstić information content (AvgIpc) is 2.51. The third kappa shape index (κ3) is 3.58. The van der Waals surface area contributed by atoms with Gasteiger partial charge in [-0.1, -0.05) is 37.6 Å². The van der Waals surface area contributed by atoms with Crippen LogP contribution >= 0.6 is 11.6 Å². The van der Waals surface area contributed by atoms with Crippen molar-refractivity contribution in [3.8, 4) is 0 Å². The Kier molecular flexibility index (Phi) is 5.39. The number of benzene rings is 1. The molecular formula is C15H18ClN3O2S. The third-order valence-corrected chi connectivity index (χ3v) is 5.58. The van der Waals surface area contributed by atoms with Crippen molar-refractivity contribution in [3.63, 3.8) is 0 Å². The molecule has 2 rings (SSSR count). The van der Waals surface area contributed by atoms with E-state index in [1.807, 2.05) is 32.0 Å². The smallest absolute Gasteiger partial charge is 0.244 e. The van der Waals surface area contributed by atoms with Gasteiger partial charge in [0.1, 0.15) is 10.7 Å². The molecule has 118 valence electrons. The summed E-state index contributed by atoms with van der Waals surface area (Å²) in [6.07, 6.45) is 1.35. The topological polar surface area (TPSA) is 62.3 Å². The molecule has 0 atom stereocenters. The van der Waals surface area contributed by atoms with Gasteiger partial charge in [-0.3, -0.25) is 0 Å². The van der Waals surface area contributed by atoms with Crippen LogP contribution in [-0.2, 0) is 10.0 Å². The first-order valence-electron chi connectivity index (χ1n) is 6.96. The van der Waals surface area contributed by atoms with Gasteiger partial charge < -0.3 is 5.32 Å². The molecule has 0 aliphatic heterocycles. The van der Waals surface area contributed by atoms with Crippen molar-refractivity contribution in [2.45, 2.75) is 18.7 Å². The number of halogens is 1. The van der Waals surface area contributed by atoms with Crippen LogP contribution in [0.3, 0.4) is 0 Å². The van der Waals surface area contributed by atoms with Crippen LogP contribution in [-0.4, -0.2) is 30.8 Å². The Bertz CT molecular complexity index is 729. The molecule has 0 spiro atoms. The van der Waals surface area contributed by atoms with Crippen LogP contribution in [0.5, 0.6) is 0 Å². The van der Waals surface area contributed by atoms with Crippen LogP contribution in [0.1, 0.15) is 13.8 Å². The second-order valence-electron chi connectivity index (χ2n) is 4.57. The number of hydrogen-bond acceptors (Lipinski definition) is 4. The van der Waals surface area contributed by atoms with Crippen LogP contribution in [0.25, 0.3) is 0 Å². The number of anilines is 2. The minimum Gasteiger partial charge on any atom is -0.339 e. The van der Waals surface area contributed by atoms with Crippen LogP contribution in [0, 0.1) is 0 Å². The summed E-state index contributed by atoms with van der Waals surface area (Å²) in [5.74, 6) is 0.534. The molecule has 22 heavy (non-hydrogen) atoms. The van der Waals surface area contributed by atoms with Crippen molar-refractivity contribution < 1.29 is 8.42 Å². The Hall–Kier alpha value is -1.63. The maximum absolute atomic E-state index is 12.4. The van der Waals surface area contributed by atoms with E-state index in [4.69, 9.17) is 11.6 Å². The highest BCUT2D eigenvalue weighted by atomic mass is 35.5. The number of nitrogens with one attached hydrogen (secondary N) is 1. The van der Waals surface area contributed by atoms with Crippen LogP contribution in [0.4, 0.5) is 11.5 Å². The molecule has 0 aliphatic carbocycles. The summed E-state index contributed by atoms with van der Waals surface area (Å²) >= 11 is 6.06. The molecule has 1 aromatic heterocycles. The van der Waals surface area contributed by atoms with E-state index in [-0.39, 0.29) is 4.90 Å². The standard InChI is InChI=1S/C15H18ClN3O2S/c1-3-19(4-2)22(20,21)12-9-10-15(17-11-12)18-14-8-6-5-7-13(14)16/h5-11H,3-4H2,1-2H3,(H,17,18). The fourth-order valence-electron chi connectivity index (χ4n) is 2.02. The van der Waals surface area contributed by atoms with Crippen LogP contribution < -0.4 is 5.32 Å². The van der Waals surface area contributed by atoms with Crippen molar-refractivity contribution >= 4 is 33.1 Å². The quantitative estimate of drug-likeness (QED) is 0.874. The van der Waals surface area contributed by atoms with Gasteiger partial charge in [0.25, 0.3) is 0 Å². The van der Waals surface area contributed by atoms with Gasteiger partial charge in [-0.05, 0) is 24.3 Å². The highest BCUT2D eigenvalue weighted by Gasteiger charge is 2.21. The Balaban J connectivity index is 2.22. The lowest BCUT2D eigenvalue weighted by Crippen LogP contribution is -2.30. The van der Waals surface area contributed by atoms with Gasteiger partial charge in [-0.15, -0.1) is 0 Å². The molecule has 1 heterocycles. The molecule has 1 aromatic carbocycles. The molecule has 0 aliphatic rings. The monoisotopic (exact) mass is 339 g/mol. The summed E-state index contributed by atoms with van der Waals surface area (Å²) in [6, 6.07) is 10.4. The van der Waals surface area contributed by atoms with Crippen molar-refractivity contribution in [1.29, 1.82) is 0 Å². The Morgan fingerprint density at radius 1 is 1.14 bits per heavy atom. The van der Waals surface area contributed by atoms with Gasteiger partial charge in [0.2, 0.25) is 10.0 Å².